The van der Waals surface area contributed by atoms with E-state index in [1.165, 1.54) is 0 Å². The fourth-order valence-corrected chi connectivity index (χ4v) is 2.71. The lowest BCUT2D eigenvalue weighted by Crippen LogP contribution is -2.02. The Kier molecular flexibility index (Phi) is 3.47. The normalized spacial score (nSPS) is 10.9. The molecule has 0 atom stereocenters. The predicted molar refractivity (Wildman–Crippen MR) is 83.2 cm³/mol. The Labute approximate surface area is 130 Å². The van der Waals surface area contributed by atoms with Crippen molar-refractivity contribution < 1.29 is 4.79 Å². The second kappa shape index (κ2) is 5.13. The number of carbonyl (C=O) groups is 1. The van der Waals surface area contributed by atoms with Gasteiger partial charge in [0.1, 0.15) is 0 Å². The van der Waals surface area contributed by atoms with Gasteiger partial charge in [-0.1, -0.05) is 40.9 Å². The van der Waals surface area contributed by atoms with E-state index in [-0.39, 0.29) is 5.78 Å². The van der Waals surface area contributed by atoms with Gasteiger partial charge in [0.2, 0.25) is 5.78 Å². The van der Waals surface area contributed by atoms with Crippen LogP contribution in [0, 0.1) is 0 Å². The highest BCUT2D eigenvalue weighted by molar-refractivity contribution is 6.37. The van der Waals surface area contributed by atoms with Gasteiger partial charge in [0, 0.05) is 26.5 Å². The number of H-pyrrole nitrogens is 1. The quantitative estimate of drug-likeness (QED) is 0.632. The SMILES string of the molecule is O=C(c1cc2ccc(Cl)cc2[nH]1)c1ccc(Cl)cc1Cl. The van der Waals surface area contributed by atoms with Gasteiger partial charge in [0.25, 0.3) is 0 Å². The second-order valence-electron chi connectivity index (χ2n) is 4.37. The molecule has 0 aliphatic heterocycles. The zero-order valence-electron chi connectivity index (χ0n) is 10.1. The number of fused-ring (bicyclic) bond motifs is 1. The van der Waals surface area contributed by atoms with Crippen molar-refractivity contribution in [1.82, 2.24) is 4.98 Å². The molecule has 0 unspecified atom stereocenters. The highest BCUT2D eigenvalue weighted by Gasteiger charge is 2.15. The first-order chi connectivity index (χ1) is 9.54. The predicted octanol–water partition coefficient (Wildman–Crippen LogP) is 5.36. The van der Waals surface area contributed by atoms with Crippen LogP contribution < -0.4 is 0 Å². The molecule has 1 N–H and O–H groups in total. The number of hydrogen-bond donors (Lipinski definition) is 1. The number of nitrogens with one attached hydrogen (secondary N) is 1. The van der Waals surface area contributed by atoms with Crippen molar-refractivity contribution in [3.8, 4) is 0 Å². The van der Waals surface area contributed by atoms with Gasteiger partial charge in [-0.25, -0.2) is 0 Å². The molecule has 20 heavy (non-hydrogen) atoms. The van der Waals surface area contributed by atoms with E-state index in [9.17, 15) is 4.79 Å². The number of aromatic amines is 1. The van der Waals surface area contributed by atoms with Crippen LogP contribution in [0.4, 0.5) is 0 Å². The molecule has 0 fully saturated rings. The van der Waals surface area contributed by atoms with E-state index in [2.05, 4.69) is 4.98 Å². The highest BCUT2D eigenvalue weighted by atomic mass is 35.5. The Hall–Kier alpha value is -1.48. The van der Waals surface area contributed by atoms with E-state index in [0.29, 0.717) is 26.3 Å². The van der Waals surface area contributed by atoms with Gasteiger partial charge in [-0.3, -0.25) is 4.79 Å². The molecule has 0 spiro atoms. The summed E-state index contributed by atoms with van der Waals surface area (Å²) in [6.45, 7) is 0. The summed E-state index contributed by atoms with van der Waals surface area (Å²) in [5.74, 6) is -0.181. The highest BCUT2D eigenvalue weighted by Crippen LogP contribution is 2.25. The lowest BCUT2D eigenvalue weighted by atomic mass is 10.1. The van der Waals surface area contributed by atoms with Crippen LogP contribution in [0.3, 0.4) is 0 Å². The summed E-state index contributed by atoms with van der Waals surface area (Å²) >= 11 is 17.8. The van der Waals surface area contributed by atoms with Gasteiger partial charge >= 0.3 is 0 Å². The van der Waals surface area contributed by atoms with Crippen molar-refractivity contribution in [2.45, 2.75) is 0 Å². The van der Waals surface area contributed by atoms with Crippen LogP contribution in [-0.4, -0.2) is 10.8 Å². The Morgan fingerprint density at radius 2 is 1.60 bits per heavy atom. The van der Waals surface area contributed by atoms with E-state index in [1.807, 2.05) is 6.07 Å². The molecule has 1 heterocycles. The fourth-order valence-electron chi connectivity index (χ4n) is 2.04. The summed E-state index contributed by atoms with van der Waals surface area (Å²) in [5, 5.41) is 2.36. The second-order valence-corrected chi connectivity index (χ2v) is 5.65. The monoisotopic (exact) mass is 323 g/mol. The zero-order valence-corrected chi connectivity index (χ0v) is 12.4. The van der Waals surface area contributed by atoms with E-state index in [0.717, 1.165) is 10.9 Å². The molecule has 0 saturated carbocycles. The van der Waals surface area contributed by atoms with E-state index in [1.54, 1.807) is 36.4 Å². The molecule has 0 aliphatic rings. The third-order valence-electron chi connectivity index (χ3n) is 3.00. The molecule has 3 aromatic rings. The smallest absolute Gasteiger partial charge is 0.210 e. The van der Waals surface area contributed by atoms with Crippen LogP contribution >= 0.6 is 34.8 Å². The van der Waals surface area contributed by atoms with Gasteiger partial charge in [-0.15, -0.1) is 0 Å². The molecule has 1 aromatic heterocycles. The van der Waals surface area contributed by atoms with Crippen LogP contribution in [0.2, 0.25) is 15.1 Å². The molecule has 0 saturated heterocycles. The van der Waals surface area contributed by atoms with Gasteiger partial charge in [0.15, 0.2) is 0 Å². The molecule has 0 aliphatic carbocycles. The molecule has 2 aromatic carbocycles. The maximum atomic E-state index is 12.4. The maximum absolute atomic E-state index is 12.4. The van der Waals surface area contributed by atoms with Crippen LogP contribution in [0.1, 0.15) is 16.1 Å². The van der Waals surface area contributed by atoms with Crippen molar-refractivity contribution in [3.63, 3.8) is 0 Å². The standard InChI is InChI=1S/C15H8Cl3NO/c16-9-3-4-11(12(18)6-9)15(20)14-5-8-1-2-10(17)7-13(8)19-14/h1-7,19H. The number of aromatic nitrogens is 1. The molecular weight excluding hydrogens is 317 g/mol. The van der Waals surface area contributed by atoms with Crippen molar-refractivity contribution in [3.05, 3.63) is 68.8 Å². The summed E-state index contributed by atoms with van der Waals surface area (Å²) in [6.07, 6.45) is 0. The van der Waals surface area contributed by atoms with E-state index >= 15 is 0 Å². The molecular formula is C15H8Cl3NO. The van der Waals surface area contributed by atoms with E-state index < -0.39 is 0 Å². The molecule has 100 valence electrons. The van der Waals surface area contributed by atoms with Crippen molar-refractivity contribution in [2.24, 2.45) is 0 Å². The summed E-state index contributed by atoms with van der Waals surface area (Å²) in [5.41, 5.74) is 1.69. The first-order valence-corrected chi connectivity index (χ1v) is 6.96. The first kappa shape index (κ1) is 13.5. The summed E-state index contributed by atoms with van der Waals surface area (Å²) in [7, 11) is 0. The average Bonchev–Trinajstić information content (AvgIpc) is 2.81. The van der Waals surface area contributed by atoms with Crippen LogP contribution in [0.25, 0.3) is 10.9 Å². The zero-order chi connectivity index (χ0) is 14.3. The lowest BCUT2D eigenvalue weighted by Gasteiger charge is -2.02. The third-order valence-corrected chi connectivity index (χ3v) is 3.79. The van der Waals surface area contributed by atoms with Crippen molar-refractivity contribution in [1.29, 1.82) is 0 Å². The average molecular weight is 325 g/mol. The maximum Gasteiger partial charge on any atom is 0.210 e. The van der Waals surface area contributed by atoms with E-state index in [4.69, 9.17) is 34.8 Å². The summed E-state index contributed by atoms with van der Waals surface area (Å²) in [4.78, 5) is 15.5. The Balaban J connectivity index is 2.08. The summed E-state index contributed by atoms with van der Waals surface area (Å²) in [6, 6.07) is 12.0. The number of halogens is 3. The van der Waals surface area contributed by atoms with Crippen LogP contribution in [-0.2, 0) is 0 Å². The fraction of sp³-hybridized carbons (Fsp3) is 0. The van der Waals surface area contributed by atoms with Crippen LogP contribution in [0.15, 0.2) is 42.5 Å². The summed E-state index contributed by atoms with van der Waals surface area (Å²) < 4.78 is 0. The minimum absolute atomic E-state index is 0.181. The molecule has 0 radical (unpaired) electrons. The van der Waals surface area contributed by atoms with Crippen molar-refractivity contribution in [2.75, 3.05) is 0 Å². The molecule has 0 bridgehead atoms. The first-order valence-electron chi connectivity index (χ1n) is 5.82. The Bertz CT molecular complexity index is 823. The topological polar surface area (TPSA) is 32.9 Å². The number of rotatable bonds is 2. The van der Waals surface area contributed by atoms with Gasteiger partial charge < -0.3 is 4.98 Å². The lowest BCUT2D eigenvalue weighted by molar-refractivity contribution is 0.103. The molecule has 2 nitrogen and oxygen atoms in total. The van der Waals surface area contributed by atoms with Crippen LogP contribution in [0.5, 0.6) is 0 Å². The minimum Gasteiger partial charge on any atom is -0.352 e. The molecule has 0 amide bonds. The van der Waals surface area contributed by atoms with Gasteiger partial charge in [0.05, 0.1) is 10.7 Å². The number of benzene rings is 2. The largest absolute Gasteiger partial charge is 0.352 e. The Morgan fingerprint density at radius 1 is 0.900 bits per heavy atom. The molecule has 5 heteroatoms. The molecule has 3 rings (SSSR count). The third kappa shape index (κ3) is 2.42. The number of ketones is 1. The number of hydrogen-bond acceptors (Lipinski definition) is 1. The van der Waals surface area contributed by atoms with Gasteiger partial charge in [-0.2, -0.15) is 0 Å². The van der Waals surface area contributed by atoms with Crippen molar-refractivity contribution >= 4 is 51.5 Å². The van der Waals surface area contributed by atoms with Gasteiger partial charge in [-0.05, 0) is 36.4 Å². The minimum atomic E-state index is -0.181. The Morgan fingerprint density at radius 3 is 2.35 bits per heavy atom. The number of carbonyl (C=O) groups excluding carboxylic acids is 1.